The Hall–Kier alpha value is -1.43. The van der Waals surface area contributed by atoms with Crippen LogP contribution in [0.5, 0.6) is 5.75 Å². The van der Waals surface area contributed by atoms with Crippen LogP contribution in [0.15, 0.2) is 18.2 Å². The summed E-state index contributed by atoms with van der Waals surface area (Å²) in [7, 11) is 0. The van der Waals surface area contributed by atoms with Crippen molar-refractivity contribution < 1.29 is 17.9 Å². The molecule has 94 valence electrons. The Bertz CT molecular complexity index is 404. The maximum atomic E-state index is 12.1. The lowest BCUT2D eigenvalue weighted by atomic mass is 9.98. The van der Waals surface area contributed by atoms with E-state index in [0.29, 0.717) is 13.1 Å². The predicted octanol–water partition coefficient (Wildman–Crippen LogP) is 2.44. The first kappa shape index (κ1) is 12.0. The van der Waals surface area contributed by atoms with Crippen molar-refractivity contribution >= 4 is 5.69 Å². The maximum Gasteiger partial charge on any atom is 0.573 e. The Morgan fingerprint density at radius 1 is 1.41 bits per heavy atom. The van der Waals surface area contributed by atoms with Gasteiger partial charge in [0.1, 0.15) is 5.75 Å². The minimum atomic E-state index is -4.65. The summed E-state index contributed by atoms with van der Waals surface area (Å²) in [6.45, 7) is 1.22. The lowest BCUT2D eigenvalue weighted by Gasteiger charge is -2.12. The van der Waals surface area contributed by atoms with Crippen molar-refractivity contribution in [2.45, 2.75) is 18.7 Å². The van der Waals surface area contributed by atoms with Crippen molar-refractivity contribution in [3.05, 3.63) is 23.8 Å². The summed E-state index contributed by atoms with van der Waals surface area (Å²) in [5.74, 6) is -0.0197. The molecule has 17 heavy (non-hydrogen) atoms. The summed E-state index contributed by atoms with van der Waals surface area (Å²) in [4.78, 5) is 0. The number of ether oxygens (including phenoxy) is 1. The molecule has 0 saturated heterocycles. The molecule has 3 nitrogen and oxygen atoms in total. The zero-order chi connectivity index (χ0) is 12.5. The van der Waals surface area contributed by atoms with E-state index in [1.165, 1.54) is 12.1 Å². The molecule has 1 heterocycles. The Labute approximate surface area is 96.8 Å². The van der Waals surface area contributed by atoms with E-state index in [4.69, 9.17) is 5.73 Å². The van der Waals surface area contributed by atoms with E-state index in [2.05, 4.69) is 10.1 Å². The highest BCUT2D eigenvalue weighted by molar-refractivity contribution is 5.60. The lowest BCUT2D eigenvalue weighted by Crippen LogP contribution is -2.17. The van der Waals surface area contributed by atoms with Crippen LogP contribution in [0.25, 0.3) is 0 Å². The predicted molar refractivity (Wildman–Crippen MR) is 58.0 cm³/mol. The van der Waals surface area contributed by atoms with Crippen molar-refractivity contribution in [2.24, 2.45) is 5.73 Å². The van der Waals surface area contributed by atoms with Gasteiger partial charge in [0.05, 0.1) is 0 Å². The molecule has 1 unspecified atom stereocenters. The number of fused-ring (bicyclic) bond motifs is 1. The molecule has 0 radical (unpaired) electrons. The fraction of sp³-hybridized carbons (Fsp3) is 0.455. The van der Waals surface area contributed by atoms with Crippen LogP contribution >= 0.6 is 0 Å². The fourth-order valence-corrected chi connectivity index (χ4v) is 2.04. The molecule has 0 bridgehead atoms. The van der Waals surface area contributed by atoms with E-state index in [9.17, 15) is 13.2 Å². The van der Waals surface area contributed by atoms with Gasteiger partial charge in [-0.1, -0.05) is 0 Å². The lowest BCUT2D eigenvalue weighted by molar-refractivity contribution is -0.274. The highest BCUT2D eigenvalue weighted by Crippen LogP contribution is 2.37. The number of nitrogens with two attached hydrogens (primary N) is 1. The fourth-order valence-electron chi connectivity index (χ4n) is 2.04. The van der Waals surface area contributed by atoms with Gasteiger partial charge in [0.15, 0.2) is 0 Å². The molecule has 1 aromatic carbocycles. The van der Waals surface area contributed by atoms with Gasteiger partial charge < -0.3 is 15.8 Å². The minimum Gasteiger partial charge on any atom is -0.406 e. The quantitative estimate of drug-likeness (QED) is 0.861. The van der Waals surface area contributed by atoms with Crippen LogP contribution in [0, 0.1) is 0 Å². The van der Waals surface area contributed by atoms with Gasteiger partial charge in [-0.3, -0.25) is 0 Å². The number of anilines is 1. The molecule has 0 aliphatic carbocycles. The van der Waals surface area contributed by atoms with Gasteiger partial charge >= 0.3 is 6.36 Å². The van der Waals surface area contributed by atoms with Gasteiger partial charge in [0, 0.05) is 18.2 Å². The number of nitrogens with one attached hydrogen (secondary N) is 1. The molecule has 0 saturated carbocycles. The number of hydrogen-bond acceptors (Lipinski definition) is 3. The van der Waals surface area contributed by atoms with Crippen molar-refractivity contribution in [2.75, 3.05) is 18.4 Å². The van der Waals surface area contributed by atoms with Gasteiger partial charge in [0.25, 0.3) is 0 Å². The van der Waals surface area contributed by atoms with Crippen LogP contribution in [0.1, 0.15) is 17.9 Å². The normalized spacial score (nSPS) is 18.7. The summed E-state index contributed by atoms with van der Waals surface area (Å²) in [6, 6.07) is 4.35. The summed E-state index contributed by atoms with van der Waals surface area (Å²) in [6.07, 6.45) is -3.90. The topological polar surface area (TPSA) is 47.3 Å². The Morgan fingerprint density at radius 2 is 2.18 bits per heavy atom. The van der Waals surface area contributed by atoms with Crippen LogP contribution < -0.4 is 15.8 Å². The molecule has 1 aliphatic rings. The second-order valence-corrected chi connectivity index (χ2v) is 3.95. The number of hydrogen-bond donors (Lipinski definition) is 2. The molecule has 0 fully saturated rings. The first-order chi connectivity index (χ1) is 7.99. The van der Waals surface area contributed by atoms with Gasteiger partial charge in [0.2, 0.25) is 0 Å². The molecule has 0 amide bonds. The molecule has 0 spiro atoms. The van der Waals surface area contributed by atoms with Gasteiger partial charge in [-0.15, -0.1) is 13.2 Å². The number of alkyl halides is 3. The minimum absolute atomic E-state index is 0.159. The standard InChI is InChI=1S/C11H13F3N2O/c12-11(13,14)17-8-1-2-10-9(5-8)7(3-4-15)6-16-10/h1-2,5,7,16H,3-4,6,15H2. The van der Waals surface area contributed by atoms with E-state index < -0.39 is 6.36 Å². The zero-order valence-corrected chi connectivity index (χ0v) is 9.05. The van der Waals surface area contributed by atoms with Crippen molar-refractivity contribution in [1.29, 1.82) is 0 Å². The molecular weight excluding hydrogens is 233 g/mol. The molecule has 1 aromatic rings. The summed E-state index contributed by atoms with van der Waals surface area (Å²) < 4.78 is 40.1. The van der Waals surface area contributed by atoms with Gasteiger partial charge in [-0.05, 0) is 36.7 Å². The van der Waals surface area contributed by atoms with Crippen LogP contribution in [0.3, 0.4) is 0 Å². The average Bonchev–Trinajstić information content (AvgIpc) is 2.59. The molecule has 2 rings (SSSR count). The molecule has 6 heteroatoms. The number of halogens is 3. The van der Waals surface area contributed by atoms with E-state index in [1.54, 1.807) is 6.07 Å². The van der Waals surface area contributed by atoms with Gasteiger partial charge in [-0.25, -0.2) is 0 Å². The first-order valence-electron chi connectivity index (χ1n) is 5.33. The monoisotopic (exact) mass is 246 g/mol. The van der Waals surface area contributed by atoms with Crippen molar-refractivity contribution in [3.8, 4) is 5.75 Å². The van der Waals surface area contributed by atoms with Crippen LogP contribution in [-0.2, 0) is 0 Å². The SMILES string of the molecule is NCCC1CNc2ccc(OC(F)(F)F)cc21. The number of benzene rings is 1. The highest BCUT2D eigenvalue weighted by Gasteiger charge is 2.32. The second-order valence-electron chi connectivity index (χ2n) is 3.95. The molecule has 1 atom stereocenters. The Balaban J connectivity index is 2.21. The average molecular weight is 246 g/mol. The summed E-state index contributed by atoms with van der Waals surface area (Å²) in [5, 5.41) is 3.13. The third-order valence-electron chi connectivity index (χ3n) is 2.75. The smallest absolute Gasteiger partial charge is 0.406 e. The van der Waals surface area contributed by atoms with E-state index in [-0.39, 0.29) is 11.7 Å². The number of rotatable bonds is 3. The van der Waals surface area contributed by atoms with Crippen LogP contribution in [0.2, 0.25) is 0 Å². The Kier molecular flexibility index (Phi) is 3.15. The first-order valence-corrected chi connectivity index (χ1v) is 5.33. The van der Waals surface area contributed by atoms with E-state index >= 15 is 0 Å². The molecule has 3 N–H and O–H groups in total. The van der Waals surface area contributed by atoms with E-state index in [1.807, 2.05) is 0 Å². The third kappa shape index (κ3) is 2.82. The maximum absolute atomic E-state index is 12.1. The second kappa shape index (κ2) is 4.44. The molecular formula is C11H13F3N2O. The largest absolute Gasteiger partial charge is 0.573 e. The van der Waals surface area contributed by atoms with Crippen molar-refractivity contribution in [3.63, 3.8) is 0 Å². The third-order valence-corrected chi connectivity index (χ3v) is 2.75. The Morgan fingerprint density at radius 3 is 2.82 bits per heavy atom. The summed E-state index contributed by atoms with van der Waals surface area (Å²) in [5.41, 5.74) is 7.17. The van der Waals surface area contributed by atoms with Crippen LogP contribution in [-0.4, -0.2) is 19.5 Å². The van der Waals surface area contributed by atoms with Crippen LogP contribution in [0.4, 0.5) is 18.9 Å². The highest BCUT2D eigenvalue weighted by atomic mass is 19.4. The molecule has 0 aromatic heterocycles. The van der Waals surface area contributed by atoms with E-state index in [0.717, 1.165) is 17.7 Å². The zero-order valence-electron chi connectivity index (χ0n) is 9.05. The van der Waals surface area contributed by atoms with Crippen molar-refractivity contribution in [1.82, 2.24) is 0 Å². The molecule has 1 aliphatic heterocycles. The van der Waals surface area contributed by atoms with Gasteiger partial charge in [-0.2, -0.15) is 0 Å². The summed E-state index contributed by atoms with van der Waals surface area (Å²) >= 11 is 0.